The Bertz CT molecular complexity index is 767. The summed E-state index contributed by atoms with van der Waals surface area (Å²) in [6, 6.07) is 4.67. The molecule has 0 bridgehead atoms. The minimum atomic E-state index is 0. The van der Waals surface area contributed by atoms with Gasteiger partial charge in [0, 0.05) is 51.3 Å². The number of aromatic nitrogens is 2. The Kier molecular flexibility index (Phi) is 9.41. The van der Waals surface area contributed by atoms with Gasteiger partial charge in [-0.15, -0.1) is 35.3 Å². The number of aryl methyl sites for hydroxylation is 1. The van der Waals surface area contributed by atoms with Crippen molar-refractivity contribution in [2.24, 2.45) is 4.99 Å². The lowest BCUT2D eigenvalue weighted by molar-refractivity contribution is 0.459. The summed E-state index contributed by atoms with van der Waals surface area (Å²) in [5, 5.41) is 10.0. The summed E-state index contributed by atoms with van der Waals surface area (Å²) >= 11 is 1.65. The van der Waals surface area contributed by atoms with Crippen LogP contribution in [0.2, 0.25) is 0 Å². The second-order valence-corrected chi connectivity index (χ2v) is 8.15. The quantitative estimate of drug-likeness (QED) is 0.340. The van der Waals surface area contributed by atoms with E-state index in [1.54, 1.807) is 11.3 Å². The molecule has 0 saturated carbocycles. The van der Waals surface area contributed by atoms with Crippen molar-refractivity contribution in [3.05, 3.63) is 35.0 Å². The van der Waals surface area contributed by atoms with Gasteiger partial charge in [-0.05, 0) is 38.3 Å². The first-order valence-corrected chi connectivity index (χ1v) is 10.8. The number of pyridine rings is 1. The lowest BCUT2D eigenvalue weighted by Crippen LogP contribution is -2.48. The summed E-state index contributed by atoms with van der Waals surface area (Å²) in [6.07, 6.45) is 4.08. The molecule has 7 nitrogen and oxygen atoms in total. The average molecular weight is 529 g/mol. The van der Waals surface area contributed by atoms with E-state index >= 15 is 0 Å². The highest BCUT2D eigenvalue weighted by molar-refractivity contribution is 14.0. The van der Waals surface area contributed by atoms with Gasteiger partial charge in [-0.25, -0.2) is 15.0 Å². The van der Waals surface area contributed by atoms with Gasteiger partial charge in [0.05, 0.1) is 12.2 Å². The Labute approximate surface area is 195 Å². The van der Waals surface area contributed by atoms with Crippen LogP contribution in [0.25, 0.3) is 0 Å². The molecule has 3 heterocycles. The number of halogens is 1. The van der Waals surface area contributed by atoms with Crippen LogP contribution in [0.1, 0.15) is 31.0 Å². The van der Waals surface area contributed by atoms with Gasteiger partial charge in [0.1, 0.15) is 5.82 Å². The molecule has 1 aliphatic heterocycles. The first kappa shape index (κ1) is 23.7. The number of guanidine groups is 1. The Morgan fingerprint density at radius 1 is 1.31 bits per heavy atom. The third-order valence-electron chi connectivity index (χ3n) is 4.72. The molecular weight excluding hydrogens is 497 g/mol. The normalized spacial score (nSPS) is 15.0. The lowest BCUT2D eigenvalue weighted by atomic mass is 10.1. The van der Waals surface area contributed by atoms with E-state index in [0.29, 0.717) is 12.6 Å². The van der Waals surface area contributed by atoms with Crippen molar-refractivity contribution in [1.29, 1.82) is 0 Å². The number of hydrogen-bond acceptors (Lipinski definition) is 6. The molecule has 0 unspecified atom stereocenters. The third kappa shape index (κ3) is 6.98. The first-order valence-electron chi connectivity index (χ1n) is 9.89. The van der Waals surface area contributed by atoms with Crippen molar-refractivity contribution >= 4 is 52.2 Å². The van der Waals surface area contributed by atoms with Gasteiger partial charge < -0.3 is 20.4 Å². The summed E-state index contributed by atoms with van der Waals surface area (Å²) in [5.74, 6) is 1.94. The zero-order valence-corrected chi connectivity index (χ0v) is 20.8. The summed E-state index contributed by atoms with van der Waals surface area (Å²) in [5.41, 5.74) is 2.20. The molecule has 0 radical (unpaired) electrons. The molecule has 160 valence electrons. The minimum Gasteiger partial charge on any atom is -0.357 e. The van der Waals surface area contributed by atoms with E-state index in [0.717, 1.165) is 55.1 Å². The average Bonchev–Trinajstić information content (AvgIpc) is 3.17. The summed E-state index contributed by atoms with van der Waals surface area (Å²) in [6.45, 7) is 7.61. The lowest BCUT2D eigenvalue weighted by Gasteiger charge is -2.33. The molecule has 0 amide bonds. The van der Waals surface area contributed by atoms with Crippen LogP contribution in [0.15, 0.2) is 28.7 Å². The molecule has 0 aliphatic carbocycles. The fraction of sp³-hybridized carbons (Fsp3) is 0.550. The highest BCUT2D eigenvalue weighted by Gasteiger charge is 2.20. The van der Waals surface area contributed by atoms with E-state index < -0.39 is 0 Å². The Morgan fingerprint density at radius 3 is 2.66 bits per heavy atom. The molecule has 0 aromatic carbocycles. The summed E-state index contributed by atoms with van der Waals surface area (Å²) < 4.78 is 0. The third-order valence-corrected chi connectivity index (χ3v) is 5.78. The summed E-state index contributed by atoms with van der Waals surface area (Å²) in [4.78, 5) is 18.3. The fourth-order valence-corrected chi connectivity index (χ4v) is 3.90. The molecule has 0 spiro atoms. The predicted octanol–water partition coefficient (Wildman–Crippen LogP) is 3.25. The largest absolute Gasteiger partial charge is 0.357 e. The number of piperidine rings is 1. The summed E-state index contributed by atoms with van der Waals surface area (Å²) in [7, 11) is 4.02. The number of rotatable bonds is 6. The standard InChI is InChI=1S/C20H31N7S.HI/c1-5-21-19(23-13-17-14-28-20(25-17)26(3)4)24-16-8-10-27(11-9-16)18-7-6-15(2)12-22-18;/h6-7,12,14,16H,5,8-11,13H2,1-4H3,(H2,21,23,24);1H. The van der Waals surface area contributed by atoms with Crippen molar-refractivity contribution in [2.75, 3.05) is 43.5 Å². The Balaban J connectivity index is 0.00000300. The highest BCUT2D eigenvalue weighted by Crippen LogP contribution is 2.19. The van der Waals surface area contributed by atoms with Gasteiger partial charge in [-0.2, -0.15) is 0 Å². The van der Waals surface area contributed by atoms with E-state index in [9.17, 15) is 0 Å². The molecule has 1 aliphatic rings. The van der Waals surface area contributed by atoms with E-state index in [1.807, 2.05) is 25.2 Å². The van der Waals surface area contributed by atoms with Crippen LogP contribution in [0.3, 0.4) is 0 Å². The molecule has 3 rings (SSSR count). The van der Waals surface area contributed by atoms with Gasteiger partial charge in [0.2, 0.25) is 0 Å². The van der Waals surface area contributed by atoms with Crippen molar-refractivity contribution in [1.82, 2.24) is 20.6 Å². The monoisotopic (exact) mass is 529 g/mol. The molecule has 1 fully saturated rings. The number of nitrogens with one attached hydrogen (secondary N) is 2. The molecule has 9 heteroatoms. The van der Waals surface area contributed by atoms with Crippen molar-refractivity contribution < 1.29 is 0 Å². The van der Waals surface area contributed by atoms with Crippen LogP contribution in [-0.4, -0.2) is 55.7 Å². The number of hydrogen-bond donors (Lipinski definition) is 2. The Hall–Kier alpha value is -1.62. The van der Waals surface area contributed by atoms with Crippen LogP contribution in [0.4, 0.5) is 10.9 Å². The number of nitrogens with zero attached hydrogens (tertiary/aromatic N) is 5. The predicted molar refractivity (Wildman–Crippen MR) is 134 cm³/mol. The zero-order valence-electron chi connectivity index (χ0n) is 17.7. The second kappa shape index (κ2) is 11.5. The van der Waals surface area contributed by atoms with E-state index in [1.165, 1.54) is 5.56 Å². The zero-order chi connectivity index (χ0) is 19.9. The number of thiazole rings is 1. The molecule has 29 heavy (non-hydrogen) atoms. The Morgan fingerprint density at radius 2 is 2.07 bits per heavy atom. The van der Waals surface area contributed by atoms with Gasteiger partial charge >= 0.3 is 0 Å². The van der Waals surface area contributed by atoms with Gasteiger partial charge in [-0.1, -0.05) is 6.07 Å². The molecule has 2 aromatic rings. The maximum atomic E-state index is 4.73. The highest BCUT2D eigenvalue weighted by atomic mass is 127. The maximum absolute atomic E-state index is 4.73. The molecule has 2 N–H and O–H groups in total. The number of aliphatic imine (C=N–C) groups is 1. The van der Waals surface area contributed by atoms with Gasteiger partial charge in [-0.3, -0.25) is 0 Å². The topological polar surface area (TPSA) is 68.7 Å². The SMILES string of the molecule is CCNC(=NCc1csc(N(C)C)n1)NC1CCN(c2ccc(C)cn2)CC1.I. The van der Waals surface area contributed by atoms with Crippen LogP contribution in [0.5, 0.6) is 0 Å². The van der Waals surface area contributed by atoms with Crippen LogP contribution < -0.4 is 20.4 Å². The van der Waals surface area contributed by atoms with E-state index in [2.05, 4.69) is 56.9 Å². The first-order chi connectivity index (χ1) is 13.5. The van der Waals surface area contributed by atoms with Crippen LogP contribution in [-0.2, 0) is 6.54 Å². The number of anilines is 2. The van der Waals surface area contributed by atoms with Crippen molar-refractivity contribution in [2.45, 2.75) is 39.3 Å². The van der Waals surface area contributed by atoms with Gasteiger partial charge in [0.25, 0.3) is 0 Å². The van der Waals surface area contributed by atoms with Crippen molar-refractivity contribution in [3.63, 3.8) is 0 Å². The van der Waals surface area contributed by atoms with E-state index in [-0.39, 0.29) is 24.0 Å². The molecule has 2 aromatic heterocycles. The minimum absolute atomic E-state index is 0. The van der Waals surface area contributed by atoms with E-state index in [4.69, 9.17) is 4.99 Å². The van der Waals surface area contributed by atoms with Crippen LogP contribution >= 0.6 is 35.3 Å². The molecule has 0 atom stereocenters. The molecular formula is C20H32IN7S. The van der Waals surface area contributed by atoms with Crippen LogP contribution in [0, 0.1) is 6.92 Å². The van der Waals surface area contributed by atoms with Gasteiger partial charge in [0.15, 0.2) is 11.1 Å². The second-order valence-electron chi connectivity index (χ2n) is 7.31. The smallest absolute Gasteiger partial charge is 0.191 e. The molecule has 1 saturated heterocycles. The van der Waals surface area contributed by atoms with Crippen molar-refractivity contribution in [3.8, 4) is 0 Å². The maximum Gasteiger partial charge on any atom is 0.191 e. The fourth-order valence-electron chi connectivity index (χ4n) is 3.15.